The van der Waals surface area contributed by atoms with E-state index in [1.54, 1.807) is 24.3 Å². The molecule has 0 atom stereocenters. The number of amides is 1. The van der Waals surface area contributed by atoms with E-state index in [2.05, 4.69) is 9.71 Å². The van der Waals surface area contributed by atoms with Crippen LogP contribution in [0.4, 0.5) is 5.69 Å². The van der Waals surface area contributed by atoms with Crippen molar-refractivity contribution in [1.82, 2.24) is 0 Å². The first-order valence-electron chi connectivity index (χ1n) is 7.32. The van der Waals surface area contributed by atoms with Crippen LogP contribution in [0.3, 0.4) is 0 Å². The predicted octanol–water partition coefficient (Wildman–Crippen LogP) is 1.30. The maximum absolute atomic E-state index is 12.2. The number of ether oxygens (including phenoxy) is 1. The summed E-state index contributed by atoms with van der Waals surface area (Å²) in [5.74, 6) is -0.205. The van der Waals surface area contributed by atoms with Crippen LogP contribution < -0.4 is 21.5 Å². The first-order chi connectivity index (χ1) is 11.8. The second kappa shape index (κ2) is 7.67. The lowest BCUT2D eigenvalue weighted by molar-refractivity contribution is 0.102. The Morgan fingerprint density at radius 1 is 1.08 bits per heavy atom. The zero-order valence-electron chi connectivity index (χ0n) is 13.5. The van der Waals surface area contributed by atoms with Crippen LogP contribution in [-0.4, -0.2) is 26.9 Å². The van der Waals surface area contributed by atoms with Gasteiger partial charge in [-0.1, -0.05) is 0 Å². The van der Waals surface area contributed by atoms with Gasteiger partial charge in [-0.15, -0.1) is 4.40 Å². The van der Waals surface area contributed by atoms with Gasteiger partial charge in [-0.2, -0.15) is 8.42 Å². The Hall–Kier alpha value is -3.07. The van der Waals surface area contributed by atoms with Gasteiger partial charge in [0.1, 0.15) is 5.75 Å². The second-order valence-corrected chi connectivity index (χ2v) is 6.53. The Morgan fingerprint density at radius 2 is 1.68 bits per heavy atom. The van der Waals surface area contributed by atoms with Gasteiger partial charge < -0.3 is 21.5 Å². The van der Waals surface area contributed by atoms with Gasteiger partial charge >= 0.3 is 0 Å². The first kappa shape index (κ1) is 18.3. The van der Waals surface area contributed by atoms with Crippen molar-refractivity contribution in [3.63, 3.8) is 0 Å². The summed E-state index contributed by atoms with van der Waals surface area (Å²) >= 11 is 0. The number of nitrogens with two attached hydrogens (primary N) is 2. The topological polar surface area (TPSA) is 137 Å². The van der Waals surface area contributed by atoms with Crippen LogP contribution in [0.1, 0.15) is 17.3 Å². The molecule has 0 saturated heterocycles. The Labute approximate surface area is 145 Å². The van der Waals surface area contributed by atoms with Crippen LogP contribution in [0.15, 0.2) is 57.8 Å². The number of rotatable bonds is 6. The van der Waals surface area contributed by atoms with Gasteiger partial charge in [-0.05, 0) is 55.5 Å². The number of carbonyl (C=O) groups is 1. The fourth-order valence-electron chi connectivity index (χ4n) is 1.97. The Bertz CT molecular complexity index is 871. The zero-order chi connectivity index (χ0) is 18.4. The van der Waals surface area contributed by atoms with Crippen LogP contribution >= 0.6 is 0 Å². The van der Waals surface area contributed by atoms with Gasteiger partial charge in [0.05, 0.1) is 11.5 Å². The van der Waals surface area contributed by atoms with E-state index < -0.39 is 16.0 Å². The van der Waals surface area contributed by atoms with Crippen LogP contribution in [0.5, 0.6) is 5.75 Å². The molecule has 0 radical (unpaired) electrons. The maximum atomic E-state index is 12.2. The van der Waals surface area contributed by atoms with E-state index in [1.165, 1.54) is 24.3 Å². The summed E-state index contributed by atoms with van der Waals surface area (Å²) in [5, 5.41) is 2.67. The minimum atomic E-state index is -3.96. The monoisotopic (exact) mass is 362 g/mol. The number of nitrogens with one attached hydrogen (secondary N) is 1. The fourth-order valence-corrected chi connectivity index (χ4v) is 2.84. The number of sulfonamides is 1. The summed E-state index contributed by atoms with van der Waals surface area (Å²) in [6, 6.07) is 12.2. The molecule has 9 heteroatoms. The molecule has 0 aromatic heterocycles. The van der Waals surface area contributed by atoms with Crippen molar-refractivity contribution in [2.45, 2.75) is 11.8 Å². The van der Waals surface area contributed by atoms with Crippen LogP contribution in [0, 0.1) is 0 Å². The summed E-state index contributed by atoms with van der Waals surface area (Å²) in [5.41, 5.74) is 11.1. The third kappa shape index (κ3) is 4.95. The predicted molar refractivity (Wildman–Crippen MR) is 95.0 cm³/mol. The molecule has 0 unspecified atom stereocenters. The standard InChI is InChI=1S/C16H18N4O4S/c1-2-24-13-7-3-11(4-8-13)15(21)19-12-5-9-14(10-6-12)25(22,23)20-16(17)18/h3-10H,2H2,1H3,(H,19,21)(H4,17,18,20). The van der Waals surface area contributed by atoms with E-state index in [0.717, 1.165) is 0 Å². The molecule has 1 amide bonds. The lowest BCUT2D eigenvalue weighted by atomic mass is 10.2. The number of benzene rings is 2. The molecular weight excluding hydrogens is 344 g/mol. The Kier molecular flexibility index (Phi) is 5.60. The lowest BCUT2D eigenvalue weighted by Crippen LogP contribution is -2.24. The van der Waals surface area contributed by atoms with E-state index >= 15 is 0 Å². The van der Waals surface area contributed by atoms with Gasteiger partial charge in [0.2, 0.25) is 5.96 Å². The number of carbonyl (C=O) groups excluding carboxylic acids is 1. The van der Waals surface area contributed by atoms with E-state index in [-0.39, 0.29) is 10.8 Å². The van der Waals surface area contributed by atoms with Crippen molar-refractivity contribution in [3.8, 4) is 5.75 Å². The third-order valence-corrected chi connectivity index (χ3v) is 4.38. The highest BCUT2D eigenvalue weighted by atomic mass is 32.2. The van der Waals surface area contributed by atoms with Crippen LogP contribution in [0.2, 0.25) is 0 Å². The molecule has 132 valence electrons. The number of hydrogen-bond donors (Lipinski definition) is 3. The number of nitrogens with zero attached hydrogens (tertiary/aromatic N) is 1. The van der Waals surface area contributed by atoms with E-state index in [4.69, 9.17) is 16.2 Å². The molecule has 0 heterocycles. The summed E-state index contributed by atoms with van der Waals surface area (Å²) in [7, 11) is -3.96. The molecular formula is C16H18N4O4S. The normalized spacial score (nSPS) is 10.8. The first-order valence-corrected chi connectivity index (χ1v) is 8.76. The molecule has 5 N–H and O–H groups in total. The van der Waals surface area contributed by atoms with Gasteiger partial charge in [0, 0.05) is 11.3 Å². The average Bonchev–Trinajstić information content (AvgIpc) is 2.55. The summed E-state index contributed by atoms with van der Waals surface area (Å²) in [6.07, 6.45) is 0. The highest BCUT2D eigenvalue weighted by molar-refractivity contribution is 7.90. The minimum absolute atomic E-state index is 0.0834. The minimum Gasteiger partial charge on any atom is -0.494 e. The highest BCUT2D eigenvalue weighted by Crippen LogP contribution is 2.18. The average molecular weight is 362 g/mol. The molecule has 2 aromatic carbocycles. The molecule has 0 bridgehead atoms. The quantitative estimate of drug-likeness (QED) is 0.523. The molecule has 0 saturated carbocycles. The van der Waals surface area contributed by atoms with E-state index in [1.807, 2.05) is 6.92 Å². The third-order valence-electron chi connectivity index (χ3n) is 3.06. The smallest absolute Gasteiger partial charge is 0.285 e. The van der Waals surface area contributed by atoms with Crippen molar-refractivity contribution >= 4 is 27.6 Å². The molecule has 0 spiro atoms. The molecule has 8 nitrogen and oxygen atoms in total. The lowest BCUT2D eigenvalue weighted by Gasteiger charge is -2.07. The molecule has 25 heavy (non-hydrogen) atoms. The van der Waals surface area contributed by atoms with Crippen molar-refractivity contribution in [1.29, 1.82) is 0 Å². The van der Waals surface area contributed by atoms with Crippen molar-refractivity contribution in [2.24, 2.45) is 15.9 Å². The zero-order valence-corrected chi connectivity index (χ0v) is 14.3. The SMILES string of the molecule is CCOc1ccc(C(=O)Nc2ccc(S(=O)(=O)N=C(N)N)cc2)cc1. The van der Waals surface area contributed by atoms with E-state index in [0.29, 0.717) is 23.6 Å². The van der Waals surface area contributed by atoms with Gasteiger partial charge in [0.25, 0.3) is 15.9 Å². The molecule has 0 aliphatic carbocycles. The highest BCUT2D eigenvalue weighted by Gasteiger charge is 2.13. The Morgan fingerprint density at radius 3 is 2.20 bits per heavy atom. The van der Waals surface area contributed by atoms with E-state index in [9.17, 15) is 13.2 Å². The molecule has 2 aromatic rings. The van der Waals surface area contributed by atoms with Crippen molar-refractivity contribution in [3.05, 3.63) is 54.1 Å². The summed E-state index contributed by atoms with van der Waals surface area (Å²) < 4.78 is 32.2. The number of hydrogen-bond acceptors (Lipinski definition) is 4. The maximum Gasteiger partial charge on any atom is 0.285 e. The van der Waals surface area contributed by atoms with Gasteiger partial charge in [-0.25, -0.2) is 0 Å². The molecule has 0 aliphatic rings. The van der Waals surface area contributed by atoms with Crippen LogP contribution in [0.25, 0.3) is 0 Å². The number of anilines is 1. The van der Waals surface area contributed by atoms with Gasteiger partial charge in [-0.3, -0.25) is 4.79 Å². The van der Waals surface area contributed by atoms with Crippen molar-refractivity contribution < 1.29 is 17.9 Å². The Balaban J connectivity index is 2.10. The second-order valence-electron chi connectivity index (χ2n) is 4.93. The summed E-state index contributed by atoms with van der Waals surface area (Å²) in [6.45, 7) is 2.41. The fraction of sp³-hybridized carbons (Fsp3) is 0.125. The van der Waals surface area contributed by atoms with Crippen molar-refractivity contribution in [2.75, 3.05) is 11.9 Å². The molecule has 0 fully saturated rings. The largest absolute Gasteiger partial charge is 0.494 e. The van der Waals surface area contributed by atoms with Gasteiger partial charge in [0.15, 0.2) is 0 Å². The number of guanidine groups is 1. The molecule has 0 aliphatic heterocycles. The molecule has 2 rings (SSSR count). The summed E-state index contributed by atoms with van der Waals surface area (Å²) in [4.78, 5) is 12.1. The van der Waals surface area contributed by atoms with Crippen LogP contribution in [-0.2, 0) is 10.0 Å².